The van der Waals surface area contributed by atoms with Gasteiger partial charge in [0, 0.05) is 52.8 Å². The van der Waals surface area contributed by atoms with Gasteiger partial charge in [0.1, 0.15) is 11.2 Å². The first-order chi connectivity index (χ1) is 23.5. The Labute approximate surface area is 282 Å². The molecule has 0 amide bonds. The number of fused-ring (bicyclic) bond motifs is 10. The summed E-state index contributed by atoms with van der Waals surface area (Å²) in [6, 6.07) is 46.6. The quantitative estimate of drug-likeness (QED) is 0.165. The molecule has 10 aromatic rings. The van der Waals surface area contributed by atoms with Crippen LogP contribution in [0.4, 0.5) is 0 Å². The number of pyridine rings is 2. The van der Waals surface area contributed by atoms with Crippen LogP contribution in [0, 0.1) is 19.0 Å². The smallest absolute Gasteiger partial charge is 0.137 e. The predicted molar refractivity (Wildman–Crippen MR) is 184 cm³/mol. The summed E-state index contributed by atoms with van der Waals surface area (Å²) in [5.74, 6) is 0. The van der Waals surface area contributed by atoms with Crippen molar-refractivity contribution in [2.45, 2.75) is 6.85 Å². The van der Waals surface area contributed by atoms with Crippen molar-refractivity contribution in [1.29, 1.82) is 0 Å². The van der Waals surface area contributed by atoms with Crippen LogP contribution in [-0.4, -0.2) is 14.4 Å². The van der Waals surface area contributed by atoms with Crippen molar-refractivity contribution in [1.82, 2.24) is 14.4 Å². The number of furan rings is 1. The largest absolute Gasteiger partial charge is 0.456 e. The minimum atomic E-state index is -2.17. The molecule has 0 saturated carbocycles. The van der Waals surface area contributed by atoms with E-state index in [1.165, 1.54) is 22.5 Å². The Morgan fingerprint density at radius 1 is 0.652 bits per heavy atom. The molecule has 0 N–H and O–H groups in total. The third kappa shape index (κ3) is 4.39. The van der Waals surface area contributed by atoms with E-state index in [1.54, 1.807) is 18.3 Å². The number of aryl methyl sites for hydroxylation is 1. The number of rotatable bonds is 2. The number of aromatic nitrogens is 3. The van der Waals surface area contributed by atoms with Crippen LogP contribution in [-0.2, 0) is 20.1 Å². The summed E-state index contributed by atoms with van der Waals surface area (Å²) in [6.45, 7) is -2.17. The maximum atomic E-state index is 7.61. The molecule has 0 aliphatic rings. The van der Waals surface area contributed by atoms with Crippen molar-refractivity contribution in [3.8, 4) is 22.5 Å². The van der Waals surface area contributed by atoms with Gasteiger partial charge in [-0.2, -0.15) is 0 Å². The van der Waals surface area contributed by atoms with Gasteiger partial charge in [-0.3, -0.25) is 0 Å². The van der Waals surface area contributed by atoms with Gasteiger partial charge in [-0.15, -0.1) is 59.7 Å². The SMILES string of the molecule is [2H]C([2H])([2H])c1ccc(-c2[c-]cc3c(c2)c2cccc4c5ccc6oc7ccccc7c6c5n3c24)nc1.[Ir].[c-]1ccccc1-c1ccccn1. The zero-order valence-corrected chi connectivity index (χ0v) is 26.7. The summed E-state index contributed by atoms with van der Waals surface area (Å²) in [5.41, 5.74) is 8.90. The van der Waals surface area contributed by atoms with Gasteiger partial charge in [0.15, 0.2) is 0 Å². The van der Waals surface area contributed by atoms with E-state index in [9.17, 15) is 0 Å². The average Bonchev–Trinajstić information content (AvgIpc) is 3.79. The summed E-state index contributed by atoms with van der Waals surface area (Å²) in [4.78, 5) is 8.65. The van der Waals surface area contributed by atoms with Crippen LogP contribution in [0.1, 0.15) is 9.68 Å². The first-order valence-electron chi connectivity index (χ1n) is 16.2. The maximum absolute atomic E-state index is 7.61. The molecule has 46 heavy (non-hydrogen) atoms. The molecule has 1 radical (unpaired) electrons. The molecule has 0 saturated heterocycles. The maximum Gasteiger partial charge on any atom is 0.137 e. The van der Waals surface area contributed by atoms with Gasteiger partial charge in [0.2, 0.25) is 0 Å². The van der Waals surface area contributed by atoms with Crippen molar-refractivity contribution < 1.29 is 28.6 Å². The van der Waals surface area contributed by atoms with Gasteiger partial charge in [0.25, 0.3) is 0 Å². The van der Waals surface area contributed by atoms with E-state index in [1.807, 2.05) is 66.7 Å². The molecule has 5 aromatic carbocycles. The molecule has 0 bridgehead atoms. The number of hydrogen-bond acceptors (Lipinski definition) is 3. The van der Waals surface area contributed by atoms with Gasteiger partial charge < -0.3 is 18.8 Å². The number of hydrogen-bond donors (Lipinski definition) is 0. The van der Waals surface area contributed by atoms with E-state index >= 15 is 0 Å². The Hall–Kier alpha value is -5.35. The molecular weight excluding hydrogens is 743 g/mol. The topological polar surface area (TPSA) is 43.3 Å². The van der Waals surface area contributed by atoms with E-state index < -0.39 is 6.85 Å². The Morgan fingerprint density at radius 3 is 2.26 bits per heavy atom. The van der Waals surface area contributed by atoms with Crippen molar-refractivity contribution >= 4 is 60.0 Å². The van der Waals surface area contributed by atoms with E-state index in [-0.39, 0.29) is 25.7 Å². The van der Waals surface area contributed by atoms with Crippen LogP contribution in [0.25, 0.3) is 82.5 Å². The third-order valence-electron chi connectivity index (χ3n) is 8.44. The van der Waals surface area contributed by atoms with E-state index in [0.717, 1.165) is 60.6 Å². The Bertz CT molecular complexity index is 2720. The van der Waals surface area contributed by atoms with Gasteiger partial charge in [-0.05, 0) is 59.0 Å². The Morgan fingerprint density at radius 2 is 1.46 bits per heavy atom. The second kappa shape index (κ2) is 11.2. The van der Waals surface area contributed by atoms with Gasteiger partial charge in [-0.25, -0.2) is 0 Å². The third-order valence-corrected chi connectivity index (χ3v) is 8.44. The monoisotopic (exact) mass is 771 g/mol. The first kappa shape index (κ1) is 24.9. The van der Waals surface area contributed by atoms with Crippen molar-refractivity contribution in [3.05, 3.63) is 151 Å². The fraction of sp³-hybridized carbons (Fsp3) is 0.0244. The molecule has 5 heteroatoms. The summed E-state index contributed by atoms with van der Waals surface area (Å²) in [5, 5.41) is 6.89. The normalized spacial score (nSPS) is 12.7. The van der Waals surface area contributed by atoms with Crippen LogP contribution >= 0.6 is 0 Å². The second-order valence-electron chi connectivity index (χ2n) is 11.0. The Balaban J connectivity index is 0.000000228. The molecular formula is C41H25IrN3O-2. The molecule has 0 atom stereocenters. The summed E-state index contributed by atoms with van der Waals surface area (Å²) in [6.07, 6.45) is 3.22. The fourth-order valence-corrected chi connectivity index (χ4v) is 6.48. The van der Waals surface area contributed by atoms with Gasteiger partial charge in [0.05, 0.1) is 16.4 Å². The molecule has 4 nitrogen and oxygen atoms in total. The summed E-state index contributed by atoms with van der Waals surface area (Å²) >= 11 is 0. The molecule has 5 heterocycles. The van der Waals surface area contributed by atoms with Crippen LogP contribution < -0.4 is 0 Å². The van der Waals surface area contributed by atoms with Crippen LogP contribution in [0.5, 0.6) is 0 Å². The zero-order chi connectivity index (χ0) is 32.4. The minimum absolute atomic E-state index is 0. The standard InChI is InChI=1S/C30H17N2O.C11H8N.Ir/c1-17-9-12-24(31-16-17)18-10-13-25-23(15-18)20-7-4-6-19-21-11-14-27-28(30(21)32(25)29(19)20)22-5-2-3-8-26(22)33-27;1-2-6-10(7-3-1)11-8-4-5-9-12-11;/h2-9,11-16H,1H3;1-6,8-9H;/q2*-1;/i1D3;;. The molecule has 0 aliphatic carbocycles. The minimum Gasteiger partial charge on any atom is -0.456 e. The summed E-state index contributed by atoms with van der Waals surface area (Å²) in [7, 11) is 0. The molecule has 221 valence electrons. The number of benzene rings is 5. The number of nitrogens with zero attached hydrogens (tertiary/aromatic N) is 3. The van der Waals surface area contributed by atoms with Crippen LogP contribution in [0.3, 0.4) is 0 Å². The van der Waals surface area contributed by atoms with E-state index in [0.29, 0.717) is 5.69 Å². The Kier molecular flexibility index (Phi) is 6.08. The molecule has 0 fully saturated rings. The van der Waals surface area contributed by atoms with Crippen LogP contribution in [0.2, 0.25) is 0 Å². The van der Waals surface area contributed by atoms with Crippen molar-refractivity contribution in [2.24, 2.45) is 0 Å². The van der Waals surface area contributed by atoms with Gasteiger partial charge >= 0.3 is 0 Å². The van der Waals surface area contributed by atoms with E-state index in [2.05, 4.69) is 69.0 Å². The molecule has 0 unspecified atom stereocenters. The molecule has 0 spiro atoms. The average molecular weight is 771 g/mol. The second-order valence-corrected chi connectivity index (χ2v) is 11.0. The fourth-order valence-electron chi connectivity index (χ4n) is 6.48. The number of para-hydroxylation sites is 2. The molecule has 5 aromatic heterocycles. The van der Waals surface area contributed by atoms with Crippen LogP contribution in [0.15, 0.2) is 138 Å². The zero-order valence-electron chi connectivity index (χ0n) is 27.3. The molecule has 10 rings (SSSR count). The predicted octanol–water partition coefficient (Wildman–Crippen LogP) is 10.5. The molecule has 0 aliphatic heterocycles. The van der Waals surface area contributed by atoms with E-state index in [4.69, 9.17) is 8.53 Å². The van der Waals surface area contributed by atoms with Crippen molar-refractivity contribution in [2.75, 3.05) is 0 Å². The van der Waals surface area contributed by atoms with Crippen molar-refractivity contribution in [3.63, 3.8) is 0 Å². The van der Waals surface area contributed by atoms with Gasteiger partial charge in [-0.1, -0.05) is 66.0 Å². The summed E-state index contributed by atoms with van der Waals surface area (Å²) < 4.78 is 31.4. The first-order valence-corrected chi connectivity index (χ1v) is 14.7.